The lowest BCUT2D eigenvalue weighted by Crippen LogP contribution is -2.29. The second-order valence-corrected chi connectivity index (χ2v) is 5.70. The molecule has 5 rings (SSSR count). The first-order valence-electron chi connectivity index (χ1n) is 6.14. The normalized spacial score (nSPS) is 13.1. The fourth-order valence-electron chi connectivity index (χ4n) is 2.83. The molecule has 4 aromatic heterocycles. The van der Waals surface area contributed by atoms with E-state index in [9.17, 15) is 0 Å². The number of pyridine rings is 2. The first kappa shape index (κ1) is 9.63. The van der Waals surface area contributed by atoms with Crippen LogP contribution in [0.4, 0.5) is 0 Å². The van der Waals surface area contributed by atoms with Crippen molar-refractivity contribution in [3.63, 3.8) is 0 Å². The lowest BCUT2D eigenvalue weighted by atomic mass is 10.2. The van der Waals surface area contributed by atoms with Crippen LogP contribution in [0.5, 0.6) is 0 Å². The Morgan fingerprint density at radius 3 is 3.05 bits per heavy atom. The second-order valence-electron chi connectivity index (χ2n) is 4.70. The van der Waals surface area contributed by atoms with Crippen LogP contribution in [0.1, 0.15) is 5.56 Å². The molecule has 0 N–H and O–H groups in total. The summed E-state index contributed by atoms with van der Waals surface area (Å²) in [6.45, 7) is 0.911. The van der Waals surface area contributed by atoms with Crippen molar-refractivity contribution in [2.75, 3.05) is 0 Å². The topological polar surface area (TPSA) is 34.1 Å². The maximum absolute atomic E-state index is 4.55. The maximum atomic E-state index is 4.55. The third-order valence-electron chi connectivity index (χ3n) is 3.61. The highest BCUT2D eigenvalue weighted by atomic mass is 32.1. The Bertz CT molecular complexity index is 951. The standard InChI is InChI=1S/C14H9N4S/c1-3-9-7-17-8-11-18(14(17)12(9)15-5-1)10-4-2-6-16-13(10)19-11/h1-6,8H,7H2/q+1. The van der Waals surface area contributed by atoms with Crippen molar-refractivity contribution in [3.05, 3.63) is 48.4 Å². The van der Waals surface area contributed by atoms with Crippen molar-refractivity contribution in [3.8, 4) is 11.5 Å². The van der Waals surface area contributed by atoms with Gasteiger partial charge in [0.05, 0.1) is 0 Å². The Kier molecular flexibility index (Phi) is 1.62. The van der Waals surface area contributed by atoms with Gasteiger partial charge in [0.1, 0.15) is 12.7 Å². The molecular formula is C14H9N4S+. The SMILES string of the molecule is c1cnc2c(c1)C[n+]1cc3sc4ncccc4n3c1-2. The van der Waals surface area contributed by atoms with Crippen molar-refractivity contribution in [2.45, 2.75) is 6.54 Å². The monoisotopic (exact) mass is 265 g/mol. The zero-order valence-electron chi connectivity index (χ0n) is 9.95. The van der Waals surface area contributed by atoms with E-state index >= 15 is 0 Å². The van der Waals surface area contributed by atoms with E-state index in [0.29, 0.717) is 0 Å². The molecular weight excluding hydrogens is 256 g/mol. The number of thiazole rings is 1. The smallest absolute Gasteiger partial charge is 0.248 e. The summed E-state index contributed by atoms with van der Waals surface area (Å²) in [5, 5.41) is 0. The molecule has 1 aliphatic heterocycles. The fourth-order valence-corrected chi connectivity index (χ4v) is 3.87. The highest BCUT2D eigenvalue weighted by molar-refractivity contribution is 7.23. The van der Waals surface area contributed by atoms with Crippen LogP contribution in [0.3, 0.4) is 0 Å². The second kappa shape index (κ2) is 3.19. The van der Waals surface area contributed by atoms with Gasteiger partial charge in [0, 0.05) is 18.0 Å². The van der Waals surface area contributed by atoms with Crippen LogP contribution in [0.25, 0.3) is 26.7 Å². The third kappa shape index (κ3) is 1.11. The number of imidazole rings is 1. The summed E-state index contributed by atoms with van der Waals surface area (Å²) in [6, 6.07) is 8.25. The van der Waals surface area contributed by atoms with E-state index in [-0.39, 0.29) is 0 Å². The summed E-state index contributed by atoms with van der Waals surface area (Å²) >= 11 is 1.72. The number of hydrogen-bond donors (Lipinski definition) is 0. The third-order valence-corrected chi connectivity index (χ3v) is 4.61. The largest absolute Gasteiger partial charge is 0.314 e. The summed E-state index contributed by atoms with van der Waals surface area (Å²) in [5.41, 5.74) is 3.54. The lowest BCUT2D eigenvalue weighted by molar-refractivity contribution is -0.670. The maximum Gasteiger partial charge on any atom is 0.314 e. The lowest BCUT2D eigenvalue weighted by Gasteiger charge is -1.92. The summed E-state index contributed by atoms with van der Waals surface area (Å²) < 4.78 is 4.54. The van der Waals surface area contributed by atoms with Gasteiger partial charge in [0.25, 0.3) is 0 Å². The molecule has 0 aromatic carbocycles. The average Bonchev–Trinajstić information content (AvgIpc) is 3.04. The zero-order valence-corrected chi connectivity index (χ0v) is 10.8. The minimum atomic E-state index is 0.911. The highest BCUT2D eigenvalue weighted by Gasteiger charge is 2.33. The minimum absolute atomic E-state index is 0.911. The highest BCUT2D eigenvalue weighted by Crippen LogP contribution is 2.32. The number of hydrogen-bond acceptors (Lipinski definition) is 3. The van der Waals surface area contributed by atoms with Gasteiger partial charge in [-0.15, -0.1) is 0 Å². The van der Waals surface area contributed by atoms with E-state index < -0.39 is 0 Å². The Hall–Kier alpha value is -2.27. The molecule has 4 nitrogen and oxygen atoms in total. The molecule has 0 saturated heterocycles. The van der Waals surface area contributed by atoms with Gasteiger partial charge in [0.2, 0.25) is 4.83 Å². The quantitative estimate of drug-likeness (QED) is 0.402. The van der Waals surface area contributed by atoms with Crippen LogP contribution in [-0.4, -0.2) is 14.4 Å². The molecule has 1 aliphatic rings. The van der Waals surface area contributed by atoms with Gasteiger partial charge in [0.15, 0.2) is 16.0 Å². The molecule has 5 heterocycles. The van der Waals surface area contributed by atoms with Gasteiger partial charge in [-0.1, -0.05) is 17.4 Å². The van der Waals surface area contributed by atoms with Crippen molar-refractivity contribution >= 4 is 26.5 Å². The fraction of sp³-hybridized carbons (Fsp3) is 0.0714. The van der Waals surface area contributed by atoms with Crippen LogP contribution < -0.4 is 4.57 Å². The number of nitrogens with zero attached hydrogens (tertiary/aromatic N) is 4. The van der Waals surface area contributed by atoms with E-state index in [2.05, 4.69) is 37.3 Å². The van der Waals surface area contributed by atoms with Crippen LogP contribution in [-0.2, 0) is 6.54 Å². The predicted octanol–water partition coefficient (Wildman–Crippen LogP) is 2.26. The molecule has 0 atom stereocenters. The molecule has 5 heteroatoms. The molecule has 19 heavy (non-hydrogen) atoms. The van der Waals surface area contributed by atoms with Gasteiger partial charge in [-0.2, -0.15) is 4.40 Å². The molecule has 90 valence electrons. The van der Waals surface area contributed by atoms with Crippen LogP contribution in [0.15, 0.2) is 42.9 Å². The average molecular weight is 265 g/mol. The van der Waals surface area contributed by atoms with Crippen molar-refractivity contribution in [2.24, 2.45) is 0 Å². The van der Waals surface area contributed by atoms with Crippen LogP contribution >= 0.6 is 11.3 Å². The molecule has 0 aliphatic carbocycles. The number of rotatable bonds is 0. The summed E-state index contributed by atoms with van der Waals surface area (Å²) in [6.07, 6.45) is 5.90. The summed E-state index contributed by atoms with van der Waals surface area (Å²) in [5.74, 6) is 1.17. The van der Waals surface area contributed by atoms with Gasteiger partial charge in [-0.3, -0.25) is 0 Å². The van der Waals surface area contributed by atoms with Gasteiger partial charge in [-0.25, -0.2) is 14.5 Å². The Labute approximate surface area is 112 Å². The molecule has 0 fully saturated rings. The summed E-state index contributed by atoms with van der Waals surface area (Å²) in [7, 11) is 0. The van der Waals surface area contributed by atoms with Crippen LogP contribution in [0, 0.1) is 0 Å². The van der Waals surface area contributed by atoms with E-state index in [1.54, 1.807) is 11.3 Å². The van der Waals surface area contributed by atoms with Crippen molar-refractivity contribution < 1.29 is 4.57 Å². The van der Waals surface area contributed by atoms with Gasteiger partial charge < -0.3 is 0 Å². The van der Waals surface area contributed by atoms with Gasteiger partial charge >= 0.3 is 5.82 Å². The number of fused-ring (bicyclic) bond motifs is 7. The molecule has 4 aromatic rings. The van der Waals surface area contributed by atoms with E-state index in [4.69, 9.17) is 0 Å². The zero-order chi connectivity index (χ0) is 12.4. The van der Waals surface area contributed by atoms with Gasteiger partial charge in [-0.05, 0) is 18.2 Å². The van der Waals surface area contributed by atoms with Crippen LogP contribution in [0.2, 0.25) is 0 Å². The Morgan fingerprint density at radius 2 is 2.05 bits per heavy atom. The summed E-state index contributed by atoms with van der Waals surface area (Å²) in [4.78, 5) is 11.3. The molecule has 0 bridgehead atoms. The van der Waals surface area contributed by atoms with E-state index in [1.807, 2.05) is 24.5 Å². The molecule has 0 amide bonds. The molecule has 0 radical (unpaired) electrons. The molecule has 0 unspecified atom stereocenters. The van der Waals surface area contributed by atoms with Crippen molar-refractivity contribution in [1.82, 2.24) is 14.4 Å². The Morgan fingerprint density at radius 1 is 1.16 bits per heavy atom. The Balaban J connectivity index is 2.00. The number of aromatic nitrogens is 4. The first-order valence-corrected chi connectivity index (χ1v) is 6.96. The van der Waals surface area contributed by atoms with E-state index in [1.165, 1.54) is 16.2 Å². The molecule has 0 saturated carbocycles. The predicted molar refractivity (Wildman–Crippen MR) is 73.1 cm³/mol. The van der Waals surface area contributed by atoms with Crippen molar-refractivity contribution in [1.29, 1.82) is 0 Å². The minimum Gasteiger partial charge on any atom is -0.248 e. The first-order chi connectivity index (χ1) is 9.42. The molecule has 0 spiro atoms. The van der Waals surface area contributed by atoms with E-state index in [0.717, 1.165) is 22.6 Å².